The van der Waals surface area contributed by atoms with Crippen LogP contribution in [0.5, 0.6) is 11.5 Å². The van der Waals surface area contributed by atoms with Crippen molar-refractivity contribution in [2.45, 2.75) is 21.3 Å². The smallest absolute Gasteiger partial charge is 0.261 e. The van der Waals surface area contributed by atoms with Gasteiger partial charge in [-0.15, -0.1) is 0 Å². The Bertz CT molecular complexity index is 1500. The van der Waals surface area contributed by atoms with E-state index in [-0.39, 0.29) is 24.5 Å². The largest absolute Gasteiger partial charge is 0.456 e. The van der Waals surface area contributed by atoms with Gasteiger partial charge >= 0.3 is 0 Å². The van der Waals surface area contributed by atoms with E-state index in [1.165, 1.54) is 16.8 Å². The summed E-state index contributed by atoms with van der Waals surface area (Å²) >= 11 is 0. The van der Waals surface area contributed by atoms with E-state index in [4.69, 9.17) is 4.74 Å². The molecule has 34 heavy (non-hydrogen) atoms. The van der Waals surface area contributed by atoms with Crippen molar-refractivity contribution in [2.75, 3.05) is 5.32 Å². The number of carbonyl (C=O) groups is 1. The first-order valence-electron chi connectivity index (χ1n) is 10.3. The van der Waals surface area contributed by atoms with Crippen molar-refractivity contribution in [1.82, 2.24) is 9.55 Å². The standard InChI is InChI=1S/C26H22N4O3.CH4/c1-5-22(31)29-18-9-10-21(33-25-15(2)7-6-8-16(25)3)19(11-18)20-14-30(4)26(32)23-17(12-27)13-28-24(20)23;/h5-11,13-14,28H,1H2,2-4H3,(H,29,31);1H4. The molecule has 2 aromatic heterocycles. The fourth-order valence-electron chi connectivity index (χ4n) is 3.81. The molecule has 4 rings (SSSR count). The molecular weight excluding hydrogens is 428 g/mol. The minimum absolute atomic E-state index is 0. The van der Waals surface area contributed by atoms with Crippen LogP contribution in [-0.4, -0.2) is 15.5 Å². The topological polar surface area (TPSA) is 99.9 Å². The summed E-state index contributed by atoms with van der Waals surface area (Å²) in [5.74, 6) is 0.922. The lowest BCUT2D eigenvalue weighted by atomic mass is 10.0. The van der Waals surface area contributed by atoms with Crippen LogP contribution in [0.2, 0.25) is 0 Å². The highest BCUT2D eigenvalue weighted by Gasteiger charge is 2.19. The van der Waals surface area contributed by atoms with Gasteiger partial charge in [-0.1, -0.05) is 32.2 Å². The quantitative estimate of drug-likeness (QED) is 0.385. The van der Waals surface area contributed by atoms with Gasteiger partial charge in [-0.3, -0.25) is 9.59 Å². The molecule has 0 aliphatic heterocycles. The molecule has 1 amide bonds. The number of anilines is 1. The fourth-order valence-corrected chi connectivity index (χ4v) is 3.81. The Morgan fingerprint density at radius 2 is 1.91 bits per heavy atom. The molecule has 0 saturated heterocycles. The SMILES string of the molecule is C.C=CC(=O)Nc1ccc(Oc2c(C)cccc2C)c(-c2cn(C)c(=O)c3c(C#N)c[nH]c23)c1. The van der Waals surface area contributed by atoms with E-state index in [1.54, 1.807) is 31.4 Å². The summed E-state index contributed by atoms with van der Waals surface area (Å²) < 4.78 is 7.80. The summed E-state index contributed by atoms with van der Waals surface area (Å²) in [6.07, 6.45) is 4.40. The fraction of sp³-hybridized carbons (Fsp3) is 0.148. The van der Waals surface area contributed by atoms with Crippen LogP contribution in [-0.2, 0) is 11.8 Å². The number of nitriles is 1. The zero-order valence-corrected chi connectivity index (χ0v) is 18.5. The molecule has 2 heterocycles. The number of rotatable bonds is 5. The van der Waals surface area contributed by atoms with Crippen molar-refractivity contribution in [3.8, 4) is 28.7 Å². The molecular formula is C27H26N4O3. The van der Waals surface area contributed by atoms with E-state index >= 15 is 0 Å². The molecule has 0 saturated carbocycles. The minimum Gasteiger partial charge on any atom is -0.456 e. The maximum absolute atomic E-state index is 12.8. The van der Waals surface area contributed by atoms with Gasteiger partial charge in [0.2, 0.25) is 5.91 Å². The molecule has 4 aromatic rings. The maximum atomic E-state index is 12.8. The van der Waals surface area contributed by atoms with Crippen molar-refractivity contribution in [2.24, 2.45) is 7.05 Å². The summed E-state index contributed by atoms with van der Waals surface area (Å²) in [6, 6.07) is 13.2. The molecule has 2 N–H and O–H groups in total. The van der Waals surface area contributed by atoms with E-state index in [9.17, 15) is 14.9 Å². The average molecular weight is 455 g/mol. The number of H-pyrrole nitrogens is 1. The van der Waals surface area contributed by atoms with Crippen molar-refractivity contribution in [1.29, 1.82) is 5.26 Å². The summed E-state index contributed by atoms with van der Waals surface area (Å²) in [7, 11) is 1.63. The molecule has 7 nitrogen and oxygen atoms in total. The number of ether oxygens (including phenoxy) is 1. The molecule has 2 aromatic carbocycles. The third-order valence-electron chi connectivity index (χ3n) is 5.47. The number of aromatic nitrogens is 2. The number of nitrogens with zero attached hydrogens (tertiary/aromatic N) is 2. The molecule has 172 valence electrons. The highest BCUT2D eigenvalue weighted by atomic mass is 16.5. The van der Waals surface area contributed by atoms with Gasteiger partial charge < -0.3 is 19.6 Å². The zero-order chi connectivity index (χ0) is 23.7. The predicted molar refractivity (Wildman–Crippen MR) is 135 cm³/mol. The van der Waals surface area contributed by atoms with E-state index in [2.05, 4.69) is 22.9 Å². The lowest BCUT2D eigenvalue weighted by molar-refractivity contribution is -0.111. The van der Waals surface area contributed by atoms with E-state index in [1.807, 2.05) is 32.0 Å². The number of carbonyl (C=O) groups excluding carboxylic acids is 1. The van der Waals surface area contributed by atoms with Crippen molar-refractivity contribution < 1.29 is 9.53 Å². The Morgan fingerprint density at radius 3 is 2.56 bits per heavy atom. The molecule has 0 spiro atoms. The number of hydrogen-bond donors (Lipinski definition) is 2. The normalized spacial score (nSPS) is 10.3. The number of benzene rings is 2. The first-order chi connectivity index (χ1) is 15.8. The van der Waals surface area contributed by atoms with Crippen LogP contribution in [0.4, 0.5) is 5.69 Å². The van der Waals surface area contributed by atoms with Crippen LogP contribution in [0, 0.1) is 25.2 Å². The number of fused-ring (bicyclic) bond motifs is 1. The molecule has 0 fully saturated rings. The monoisotopic (exact) mass is 454 g/mol. The number of aryl methyl sites for hydroxylation is 3. The zero-order valence-electron chi connectivity index (χ0n) is 18.5. The van der Waals surface area contributed by atoms with E-state index in [0.29, 0.717) is 33.5 Å². The lowest BCUT2D eigenvalue weighted by Crippen LogP contribution is -2.17. The average Bonchev–Trinajstić information content (AvgIpc) is 3.24. The van der Waals surface area contributed by atoms with Gasteiger partial charge in [-0.05, 0) is 49.2 Å². The van der Waals surface area contributed by atoms with E-state index < -0.39 is 0 Å². The van der Waals surface area contributed by atoms with Crippen LogP contribution < -0.4 is 15.6 Å². The number of para-hydroxylation sites is 1. The Kier molecular flexibility index (Phi) is 6.73. The molecule has 0 atom stereocenters. The lowest BCUT2D eigenvalue weighted by Gasteiger charge is -2.17. The second-order valence-corrected chi connectivity index (χ2v) is 7.75. The highest BCUT2D eigenvalue weighted by molar-refractivity contribution is 6.01. The molecule has 0 unspecified atom stereocenters. The Labute approximate surface area is 197 Å². The predicted octanol–water partition coefficient (Wildman–Crippen LogP) is 5.58. The number of amides is 1. The van der Waals surface area contributed by atoms with Crippen LogP contribution >= 0.6 is 0 Å². The Hall–Kier alpha value is -4.57. The van der Waals surface area contributed by atoms with Crippen molar-refractivity contribution >= 4 is 22.5 Å². The van der Waals surface area contributed by atoms with Gasteiger partial charge in [0.15, 0.2) is 0 Å². The van der Waals surface area contributed by atoms with Gasteiger partial charge in [0.05, 0.1) is 16.5 Å². The van der Waals surface area contributed by atoms with Crippen LogP contribution in [0.15, 0.2) is 66.2 Å². The van der Waals surface area contributed by atoms with Crippen molar-refractivity contribution in [3.63, 3.8) is 0 Å². The van der Waals surface area contributed by atoms with Gasteiger partial charge in [0, 0.05) is 36.3 Å². The van der Waals surface area contributed by atoms with Gasteiger partial charge in [-0.25, -0.2) is 0 Å². The van der Waals surface area contributed by atoms with Gasteiger partial charge in [0.1, 0.15) is 17.6 Å². The first-order valence-corrected chi connectivity index (χ1v) is 10.3. The second kappa shape index (κ2) is 9.51. The third-order valence-corrected chi connectivity index (χ3v) is 5.47. The number of nitrogens with one attached hydrogen (secondary N) is 2. The third kappa shape index (κ3) is 4.21. The summed E-state index contributed by atoms with van der Waals surface area (Å²) in [5.41, 5.74) is 4.30. The van der Waals surface area contributed by atoms with Crippen LogP contribution in [0.1, 0.15) is 24.1 Å². The van der Waals surface area contributed by atoms with Crippen LogP contribution in [0.3, 0.4) is 0 Å². The molecule has 0 radical (unpaired) electrons. The first kappa shape index (κ1) is 24.1. The van der Waals surface area contributed by atoms with Gasteiger partial charge in [-0.2, -0.15) is 5.26 Å². The second-order valence-electron chi connectivity index (χ2n) is 7.75. The number of hydrogen-bond acceptors (Lipinski definition) is 4. The molecule has 7 heteroatoms. The van der Waals surface area contributed by atoms with Gasteiger partial charge in [0.25, 0.3) is 5.56 Å². The summed E-state index contributed by atoms with van der Waals surface area (Å²) in [5, 5.41) is 12.5. The van der Waals surface area contributed by atoms with Crippen molar-refractivity contribution in [3.05, 3.63) is 88.5 Å². The minimum atomic E-state index is -0.346. The summed E-state index contributed by atoms with van der Waals surface area (Å²) in [4.78, 5) is 27.7. The van der Waals surface area contributed by atoms with Crippen LogP contribution in [0.25, 0.3) is 22.0 Å². The number of pyridine rings is 1. The molecule has 0 aliphatic carbocycles. The Morgan fingerprint density at radius 1 is 1.21 bits per heavy atom. The number of aromatic amines is 1. The maximum Gasteiger partial charge on any atom is 0.261 e. The molecule has 0 aliphatic rings. The summed E-state index contributed by atoms with van der Waals surface area (Å²) in [6.45, 7) is 7.43. The van der Waals surface area contributed by atoms with E-state index in [0.717, 1.165) is 16.9 Å². The highest BCUT2D eigenvalue weighted by Crippen LogP contribution is 2.40. The Balaban J connectivity index is 0.00000324. The molecule has 0 bridgehead atoms.